The van der Waals surface area contributed by atoms with Crippen LogP contribution in [0.1, 0.15) is 16.8 Å². The molecule has 0 fully saturated rings. The summed E-state index contributed by atoms with van der Waals surface area (Å²) >= 11 is 0. The van der Waals surface area contributed by atoms with Crippen molar-refractivity contribution in [1.29, 1.82) is 0 Å². The van der Waals surface area contributed by atoms with Gasteiger partial charge in [-0.1, -0.05) is 12.1 Å². The molecule has 1 aromatic carbocycles. The van der Waals surface area contributed by atoms with Crippen LogP contribution >= 0.6 is 0 Å². The second-order valence-electron chi connectivity index (χ2n) is 4.37. The first-order valence-corrected chi connectivity index (χ1v) is 5.86. The summed E-state index contributed by atoms with van der Waals surface area (Å²) in [6.07, 6.45) is 0. The van der Waals surface area contributed by atoms with E-state index in [0.717, 1.165) is 22.3 Å². The number of pyridine rings is 1. The molecule has 2 aromatic rings. The van der Waals surface area contributed by atoms with E-state index < -0.39 is 0 Å². The SMILES string of the molecule is Cc1cc(NCCO)c2ccc(C)c(C)c2n1. The second-order valence-corrected chi connectivity index (χ2v) is 4.37. The number of benzene rings is 1. The van der Waals surface area contributed by atoms with Crippen LogP contribution in [-0.4, -0.2) is 23.2 Å². The van der Waals surface area contributed by atoms with Crippen LogP contribution in [0.5, 0.6) is 0 Å². The topological polar surface area (TPSA) is 45.1 Å². The molecule has 1 heterocycles. The Morgan fingerprint density at radius 2 is 2.00 bits per heavy atom. The van der Waals surface area contributed by atoms with Crippen LogP contribution < -0.4 is 5.32 Å². The summed E-state index contributed by atoms with van der Waals surface area (Å²) in [7, 11) is 0. The third-order valence-electron chi connectivity index (χ3n) is 3.06. The molecule has 0 aliphatic heterocycles. The molecule has 2 rings (SSSR count). The van der Waals surface area contributed by atoms with Gasteiger partial charge in [0.15, 0.2) is 0 Å². The molecule has 0 unspecified atom stereocenters. The summed E-state index contributed by atoms with van der Waals surface area (Å²) in [5.41, 5.74) is 5.56. The van der Waals surface area contributed by atoms with E-state index in [1.54, 1.807) is 0 Å². The number of nitrogens with one attached hydrogen (secondary N) is 1. The molecule has 0 amide bonds. The van der Waals surface area contributed by atoms with E-state index in [2.05, 4.69) is 36.3 Å². The van der Waals surface area contributed by atoms with Crippen molar-refractivity contribution in [2.24, 2.45) is 0 Å². The molecule has 17 heavy (non-hydrogen) atoms. The molecule has 3 heteroatoms. The van der Waals surface area contributed by atoms with Crippen molar-refractivity contribution in [2.45, 2.75) is 20.8 Å². The lowest BCUT2D eigenvalue weighted by Gasteiger charge is -2.12. The number of aromatic nitrogens is 1. The van der Waals surface area contributed by atoms with Crippen LogP contribution in [0.4, 0.5) is 5.69 Å². The van der Waals surface area contributed by atoms with E-state index in [-0.39, 0.29) is 6.61 Å². The zero-order valence-electron chi connectivity index (χ0n) is 10.5. The third kappa shape index (κ3) is 2.24. The van der Waals surface area contributed by atoms with Gasteiger partial charge in [-0.25, -0.2) is 0 Å². The van der Waals surface area contributed by atoms with Crippen LogP contribution in [0.2, 0.25) is 0 Å². The first-order valence-electron chi connectivity index (χ1n) is 5.86. The largest absolute Gasteiger partial charge is 0.395 e. The van der Waals surface area contributed by atoms with E-state index in [1.165, 1.54) is 11.1 Å². The summed E-state index contributed by atoms with van der Waals surface area (Å²) < 4.78 is 0. The number of aliphatic hydroxyl groups is 1. The molecule has 1 aromatic heterocycles. The van der Waals surface area contributed by atoms with Crippen molar-refractivity contribution < 1.29 is 5.11 Å². The third-order valence-corrected chi connectivity index (χ3v) is 3.06. The average molecular weight is 230 g/mol. The lowest BCUT2D eigenvalue weighted by Crippen LogP contribution is -2.06. The van der Waals surface area contributed by atoms with Crippen LogP contribution in [0.25, 0.3) is 10.9 Å². The molecular formula is C14H18N2O. The van der Waals surface area contributed by atoms with Gasteiger partial charge >= 0.3 is 0 Å². The Morgan fingerprint density at radius 1 is 1.24 bits per heavy atom. The molecule has 0 aliphatic carbocycles. The number of hydrogen-bond donors (Lipinski definition) is 2. The maximum Gasteiger partial charge on any atom is 0.0757 e. The number of aryl methyl sites for hydroxylation is 3. The monoisotopic (exact) mass is 230 g/mol. The summed E-state index contributed by atoms with van der Waals surface area (Å²) in [4.78, 5) is 4.60. The Labute approximate surface area is 102 Å². The van der Waals surface area contributed by atoms with E-state index in [0.29, 0.717) is 6.54 Å². The highest BCUT2D eigenvalue weighted by Crippen LogP contribution is 2.27. The highest BCUT2D eigenvalue weighted by atomic mass is 16.3. The molecule has 0 atom stereocenters. The van der Waals surface area contributed by atoms with Crippen molar-refractivity contribution in [3.8, 4) is 0 Å². The zero-order chi connectivity index (χ0) is 12.4. The smallest absolute Gasteiger partial charge is 0.0757 e. The normalized spacial score (nSPS) is 10.8. The summed E-state index contributed by atoms with van der Waals surface area (Å²) in [6, 6.07) is 6.22. The zero-order valence-corrected chi connectivity index (χ0v) is 10.5. The van der Waals surface area contributed by atoms with Gasteiger partial charge in [0.25, 0.3) is 0 Å². The van der Waals surface area contributed by atoms with Gasteiger partial charge in [-0.05, 0) is 38.0 Å². The average Bonchev–Trinajstić information content (AvgIpc) is 2.31. The van der Waals surface area contributed by atoms with Crippen LogP contribution in [0, 0.1) is 20.8 Å². The van der Waals surface area contributed by atoms with Gasteiger partial charge in [0, 0.05) is 23.3 Å². The van der Waals surface area contributed by atoms with Gasteiger partial charge in [-0.15, -0.1) is 0 Å². The summed E-state index contributed by atoms with van der Waals surface area (Å²) in [5.74, 6) is 0. The van der Waals surface area contributed by atoms with Crippen molar-refractivity contribution in [3.05, 3.63) is 35.0 Å². The lowest BCUT2D eigenvalue weighted by molar-refractivity contribution is 0.311. The number of nitrogens with zero attached hydrogens (tertiary/aromatic N) is 1. The van der Waals surface area contributed by atoms with Crippen LogP contribution in [0.3, 0.4) is 0 Å². The molecular weight excluding hydrogens is 212 g/mol. The maximum absolute atomic E-state index is 8.89. The van der Waals surface area contributed by atoms with Gasteiger partial charge in [0.2, 0.25) is 0 Å². The molecule has 0 bridgehead atoms. The van der Waals surface area contributed by atoms with Crippen molar-refractivity contribution in [3.63, 3.8) is 0 Å². The van der Waals surface area contributed by atoms with E-state index in [9.17, 15) is 0 Å². The van der Waals surface area contributed by atoms with Gasteiger partial charge in [0.1, 0.15) is 0 Å². The standard InChI is InChI=1S/C14H18N2O/c1-9-4-5-12-13(15-6-7-17)8-10(2)16-14(12)11(9)3/h4-5,8,17H,6-7H2,1-3H3,(H,15,16). The molecule has 0 aliphatic rings. The van der Waals surface area contributed by atoms with Gasteiger partial charge in [-0.3, -0.25) is 4.98 Å². The minimum absolute atomic E-state index is 0.133. The molecule has 0 saturated carbocycles. The predicted molar refractivity (Wildman–Crippen MR) is 71.5 cm³/mol. The first-order chi connectivity index (χ1) is 8.13. The molecule has 3 nitrogen and oxygen atoms in total. The Bertz CT molecular complexity index is 549. The minimum Gasteiger partial charge on any atom is -0.395 e. The number of rotatable bonds is 3. The van der Waals surface area contributed by atoms with E-state index in [4.69, 9.17) is 5.11 Å². The van der Waals surface area contributed by atoms with Gasteiger partial charge in [-0.2, -0.15) is 0 Å². The first kappa shape index (κ1) is 11.9. The van der Waals surface area contributed by atoms with Crippen molar-refractivity contribution in [2.75, 3.05) is 18.5 Å². The highest BCUT2D eigenvalue weighted by Gasteiger charge is 2.07. The molecule has 0 saturated heterocycles. The number of hydrogen-bond acceptors (Lipinski definition) is 3. The highest BCUT2D eigenvalue weighted by molar-refractivity contribution is 5.93. The van der Waals surface area contributed by atoms with Crippen molar-refractivity contribution in [1.82, 2.24) is 4.98 Å². The van der Waals surface area contributed by atoms with Crippen LogP contribution in [0.15, 0.2) is 18.2 Å². The van der Waals surface area contributed by atoms with Gasteiger partial charge < -0.3 is 10.4 Å². The number of aliphatic hydroxyl groups excluding tert-OH is 1. The molecule has 0 radical (unpaired) electrons. The lowest BCUT2D eigenvalue weighted by atomic mass is 10.0. The molecule has 90 valence electrons. The fraction of sp³-hybridized carbons (Fsp3) is 0.357. The Morgan fingerprint density at radius 3 is 2.71 bits per heavy atom. The number of fused-ring (bicyclic) bond motifs is 1. The van der Waals surface area contributed by atoms with E-state index >= 15 is 0 Å². The Kier molecular flexibility index (Phi) is 3.29. The summed E-state index contributed by atoms with van der Waals surface area (Å²) in [5, 5.41) is 13.2. The number of anilines is 1. The molecule has 0 spiro atoms. The summed E-state index contributed by atoms with van der Waals surface area (Å²) in [6.45, 7) is 6.88. The maximum atomic E-state index is 8.89. The Hall–Kier alpha value is -1.61. The fourth-order valence-electron chi connectivity index (χ4n) is 1.99. The van der Waals surface area contributed by atoms with E-state index in [1.807, 2.05) is 13.0 Å². The predicted octanol–water partition coefficient (Wildman–Crippen LogP) is 2.56. The van der Waals surface area contributed by atoms with Crippen LogP contribution in [-0.2, 0) is 0 Å². The second kappa shape index (κ2) is 4.72. The Balaban J connectivity index is 2.64. The van der Waals surface area contributed by atoms with Gasteiger partial charge in [0.05, 0.1) is 12.1 Å². The fourth-order valence-corrected chi connectivity index (χ4v) is 1.99. The quantitative estimate of drug-likeness (QED) is 0.851. The molecule has 2 N–H and O–H groups in total. The minimum atomic E-state index is 0.133. The van der Waals surface area contributed by atoms with Crippen molar-refractivity contribution >= 4 is 16.6 Å².